The molecule has 0 aliphatic heterocycles. The van der Waals surface area contributed by atoms with Gasteiger partial charge >= 0.3 is 0 Å². The van der Waals surface area contributed by atoms with Crippen molar-refractivity contribution in [1.29, 1.82) is 0 Å². The second-order valence-electron chi connectivity index (χ2n) is 4.38. The van der Waals surface area contributed by atoms with E-state index in [-0.39, 0.29) is 0 Å². The maximum Gasteiger partial charge on any atom is 0.211 e. The normalized spacial score (nSPS) is 12.2. The number of hydrogen-bond acceptors (Lipinski definition) is 2. The van der Waals surface area contributed by atoms with Crippen LogP contribution in [0.1, 0.15) is 58.8 Å². The van der Waals surface area contributed by atoms with Crippen LogP contribution in [-0.4, -0.2) is 32.1 Å². The number of sulfonamides is 1. The molecule has 0 fully saturated rings. The van der Waals surface area contributed by atoms with Gasteiger partial charge in [0.1, 0.15) is 0 Å². The lowest BCUT2D eigenvalue weighted by Crippen LogP contribution is -2.30. The van der Waals surface area contributed by atoms with Crippen molar-refractivity contribution in [3.8, 4) is 0 Å². The van der Waals surface area contributed by atoms with E-state index in [1.807, 2.05) is 6.92 Å². The van der Waals surface area contributed by atoms with Crippen LogP contribution < -0.4 is 0 Å². The smallest absolute Gasteiger partial charge is 0.211 e. The summed E-state index contributed by atoms with van der Waals surface area (Å²) in [4.78, 5) is 0. The average Bonchev–Trinajstić information content (AvgIpc) is 2.20. The average molecular weight is 249 g/mol. The zero-order chi connectivity index (χ0) is 12.4. The van der Waals surface area contributed by atoms with Gasteiger partial charge in [-0.2, -0.15) is 0 Å². The number of nitrogens with zero attached hydrogens (tertiary/aromatic N) is 1. The largest absolute Gasteiger partial charge is 0.213 e. The van der Waals surface area contributed by atoms with Gasteiger partial charge in [0.15, 0.2) is 0 Å². The summed E-state index contributed by atoms with van der Waals surface area (Å²) in [7, 11) is -2.98. The molecule has 0 aromatic heterocycles. The summed E-state index contributed by atoms with van der Waals surface area (Å²) < 4.78 is 24.1. The lowest BCUT2D eigenvalue weighted by Gasteiger charge is -2.17. The fourth-order valence-electron chi connectivity index (χ4n) is 1.80. The Kier molecular flexibility index (Phi) is 8.94. The molecule has 98 valence electrons. The highest BCUT2D eigenvalue weighted by Crippen LogP contribution is 2.08. The minimum Gasteiger partial charge on any atom is -0.213 e. The molecule has 0 saturated carbocycles. The summed E-state index contributed by atoms with van der Waals surface area (Å²) >= 11 is 0. The minimum atomic E-state index is -2.98. The third-order valence-electron chi connectivity index (χ3n) is 2.83. The van der Waals surface area contributed by atoms with Crippen LogP contribution in [0, 0.1) is 0 Å². The first-order chi connectivity index (χ1) is 7.52. The Morgan fingerprint density at radius 3 is 1.81 bits per heavy atom. The van der Waals surface area contributed by atoms with E-state index >= 15 is 0 Å². The summed E-state index contributed by atoms with van der Waals surface area (Å²) in [5.41, 5.74) is 0. The minimum absolute atomic E-state index is 0.592. The van der Waals surface area contributed by atoms with Gasteiger partial charge in [-0.25, -0.2) is 12.7 Å². The van der Waals surface area contributed by atoms with E-state index in [2.05, 4.69) is 6.92 Å². The topological polar surface area (TPSA) is 37.4 Å². The van der Waals surface area contributed by atoms with Crippen molar-refractivity contribution in [2.75, 3.05) is 19.3 Å². The van der Waals surface area contributed by atoms with Gasteiger partial charge in [0.05, 0.1) is 6.26 Å². The van der Waals surface area contributed by atoms with E-state index in [1.54, 1.807) is 4.31 Å². The maximum absolute atomic E-state index is 11.3. The van der Waals surface area contributed by atoms with Crippen molar-refractivity contribution >= 4 is 10.0 Å². The molecule has 0 unspecified atom stereocenters. The van der Waals surface area contributed by atoms with Gasteiger partial charge in [-0.1, -0.05) is 52.4 Å². The van der Waals surface area contributed by atoms with Gasteiger partial charge in [0.25, 0.3) is 0 Å². The Morgan fingerprint density at radius 2 is 1.38 bits per heavy atom. The van der Waals surface area contributed by atoms with Crippen LogP contribution >= 0.6 is 0 Å². The van der Waals surface area contributed by atoms with E-state index in [0.717, 1.165) is 12.8 Å². The second-order valence-corrected chi connectivity index (χ2v) is 6.36. The Hall–Kier alpha value is -0.0900. The van der Waals surface area contributed by atoms with Crippen LogP contribution in [0.3, 0.4) is 0 Å². The molecule has 0 aromatic rings. The quantitative estimate of drug-likeness (QED) is 0.558. The monoisotopic (exact) mass is 249 g/mol. The molecule has 0 heterocycles. The zero-order valence-corrected chi connectivity index (χ0v) is 11.9. The molecule has 0 bridgehead atoms. The standard InChI is InChI=1S/C12H27NO2S/c1-4-6-7-8-9-10-11-12-13(5-2)16(3,14)15/h4-12H2,1-3H3. The number of hydrogen-bond donors (Lipinski definition) is 0. The molecular weight excluding hydrogens is 222 g/mol. The fourth-order valence-corrected chi connectivity index (χ4v) is 2.73. The van der Waals surface area contributed by atoms with Crippen molar-refractivity contribution in [3.63, 3.8) is 0 Å². The van der Waals surface area contributed by atoms with E-state index in [4.69, 9.17) is 0 Å². The van der Waals surface area contributed by atoms with Crippen molar-refractivity contribution in [1.82, 2.24) is 4.31 Å². The van der Waals surface area contributed by atoms with Gasteiger partial charge in [0, 0.05) is 13.1 Å². The van der Waals surface area contributed by atoms with Crippen molar-refractivity contribution in [2.45, 2.75) is 58.8 Å². The van der Waals surface area contributed by atoms with Crippen molar-refractivity contribution in [3.05, 3.63) is 0 Å². The summed E-state index contributed by atoms with van der Waals surface area (Å²) in [6.07, 6.45) is 9.88. The summed E-state index contributed by atoms with van der Waals surface area (Å²) in [6.45, 7) is 5.38. The molecule has 0 saturated heterocycles. The molecule has 0 N–H and O–H groups in total. The highest BCUT2D eigenvalue weighted by atomic mass is 32.2. The van der Waals surface area contributed by atoms with Crippen LogP contribution in [-0.2, 0) is 10.0 Å². The van der Waals surface area contributed by atoms with Gasteiger partial charge < -0.3 is 0 Å². The van der Waals surface area contributed by atoms with Crippen LogP contribution in [0.4, 0.5) is 0 Å². The van der Waals surface area contributed by atoms with Gasteiger partial charge in [-0.05, 0) is 6.42 Å². The van der Waals surface area contributed by atoms with E-state index in [1.165, 1.54) is 38.4 Å². The lowest BCUT2D eigenvalue weighted by molar-refractivity contribution is 0.414. The van der Waals surface area contributed by atoms with E-state index < -0.39 is 10.0 Å². The first-order valence-corrected chi connectivity index (χ1v) is 8.32. The van der Waals surface area contributed by atoms with Gasteiger partial charge in [0.2, 0.25) is 10.0 Å². The molecule has 0 amide bonds. The van der Waals surface area contributed by atoms with Gasteiger partial charge in [-0.15, -0.1) is 0 Å². The fraction of sp³-hybridized carbons (Fsp3) is 1.00. The van der Waals surface area contributed by atoms with Crippen LogP contribution in [0.2, 0.25) is 0 Å². The summed E-state index contributed by atoms with van der Waals surface area (Å²) in [5.74, 6) is 0. The molecule has 0 aliphatic carbocycles. The highest BCUT2D eigenvalue weighted by molar-refractivity contribution is 7.88. The molecular formula is C12H27NO2S. The van der Waals surface area contributed by atoms with Crippen molar-refractivity contribution < 1.29 is 8.42 Å². The number of rotatable bonds is 10. The molecule has 4 heteroatoms. The predicted molar refractivity (Wildman–Crippen MR) is 70.1 cm³/mol. The molecule has 0 rings (SSSR count). The molecule has 0 radical (unpaired) electrons. The van der Waals surface area contributed by atoms with Crippen LogP contribution in [0.5, 0.6) is 0 Å². The Labute approximate surface area is 101 Å². The van der Waals surface area contributed by atoms with E-state index in [9.17, 15) is 8.42 Å². The molecule has 0 spiro atoms. The number of unbranched alkanes of at least 4 members (excludes halogenated alkanes) is 6. The van der Waals surface area contributed by atoms with Gasteiger partial charge in [-0.3, -0.25) is 0 Å². The molecule has 0 atom stereocenters. The maximum atomic E-state index is 11.3. The second kappa shape index (κ2) is 8.99. The third kappa shape index (κ3) is 8.11. The molecule has 3 nitrogen and oxygen atoms in total. The summed E-state index contributed by atoms with van der Waals surface area (Å²) in [5, 5.41) is 0. The van der Waals surface area contributed by atoms with Crippen LogP contribution in [0.15, 0.2) is 0 Å². The Bertz CT molecular complexity index is 250. The first kappa shape index (κ1) is 15.9. The zero-order valence-electron chi connectivity index (χ0n) is 11.0. The molecule has 0 aromatic carbocycles. The molecule has 16 heavy (non-hydrogen) atoms. The first-order valence-electron chi connectivity index (χ1n) is 6.47. The highest BCUT2D eigenvalue weighted by Gasteiger charge is 2.12. The SMILES string of the molecule is CCCCCCCCCN(CC)S(C)(=O)=O. The third-order valence-corrected chi connectivity index (χ3v) is 4.21. The molecule has 0 aliphatic rings. The lowest BCUT2D eigenvalue weighted by atomic mass is 10.1. The Balaban J connectivity index is 3.50. The van der Waals surface area contributed by atoms with Crippen LogP contribution in [0.25, 0.3) is 0 Å². The van der Waals surface area contributed by atoms with Crippen molar-refractivity contribution in [2.24, 2.45) is 0 Å². The van der Waals surface area contributed by atoms with E-state index in [0.29, 0.717) is 13.1 Å². The summed E-state index contributed by atoms with van der Waals surface area (Å²) in [6, 6.07) is 0. The Morgan fingerprint density at radius 1 is 0.875 bits per heavy atom. The predicted octanol–water partition coefficient (Wildman–Crippen LogP) is 3.02.